The van der Waals surface area contributed by atoms with Crippen molar-refractivity contribution in [2.24, 2.45) is 0 Å². The first kappa shape index (κ1) is 14.3. The zero-order chi connectivity index (χ0) is 12.8. The van der Waals surface area contributed by atoms with E-state index in [1.54, 1.807) is 13.1 Å². The molecule has 94 valence electrons. The van der Waals surface area contributed by atoms with Gasteiger partial charge in [0, 0.05) is 16.1 Å². The summed E-state index contributed by atoms with van der Waals surface area (Å²) in [5.74, 6) is -1.04. The highest BCUT2D eigenvalue weighted by Gasteiger charge is 2.19. The van der Waals surface area contributed by atoms with Gasteiger partial charge in [0.15, 0.2) is 0 Å². The number of hydrogen-bond donors (Lipinski definition) is 1. The van der Waals surface area contributed by atoms with Crippen LogP contribution in [0.1, 0.15) is 30.9 Å². The molecule has 0 saturated heterocycles. The number of rotatable bonds is 6. The summed E-state index contributed by atoms with van der Waals surface area (Å²) in [6, 6.07) is 2.27. The zero-order valence-corrected chi connectivity index (χ0v) is 11.4. The van der Waals surface area contributed by atoms with Gasteiger partial charge >= 0.3 is 0 Å². The molecule has 0 aliphatic carbocycles. The van der Waals surface area contributed by atoms with Crippen molar-refractivity contribution in [2.45, 2.75) is 25.3 Å². The fourth-order valence-corrected chi connectivity index (χ4v) is 2.19. The van der Waals surface area contributed by atoms with Crippen LogP contribution in [0.15, 0.2) is 29.3 Å². The maximum Gasteiger partial charge on any atom is 0.132 e. The van der Waals surface area contributed by atoms with Crippen molar-refractivity contribution in [3.8, 4) is 0 Å². The lowest BCUT2D eigenvalue weighted by Crippen LogP contribution is -2.19. The van der Waals surface area contributed by atoms with Crippen LogP contribution < -0.4 is 5.32 Å². The molecule has 1 aromatic rings. The summed E-state index contributed by atoms with van der Waals surface area (Å²) in [6.45, 7) is 3.63. The fraction of sp³-hybridized carbons (Fsp3) is 0.385. The van der Waals surface area contributed by atoms with Crippen LogP contribution >= 0.6 is 15.9 Å². The van der Waals surface area contributed by atoms with Gasteiger partial charge in [-0.3, -0.25) is 0 Å². The first-order valence-corrected chi connectivity index (χ1v) is 6.32. The van der Waals surface area contributed by atoms with Gasteiger partial charge in [-0.2, -0.15) is 0 Å². The minimum Gasteiger partial charge on any atom is -0.313 e. The van der Waals surface area contributed by atoms with Crippen LogP contribution in [0.5, 0.6) is 0 Å². The van der Waals surface area contributed by atoms with Crippen LogP contribution in [0.3, 0.4) is 0 Å². The van der Waals surface area contributed by atoms with Crippen LogP contribution in [-0.2, 0) is 0 Å². The topological polar surface area (TPSA) is 12.0 Å². The van der Waals surface area contributed by atoms with E-state index in [9.17, 15) is 8.78 Å². The largest absolute Gasteiger partial charge is 0.313 e. The van der Waals surface area contributed by atoms with Crippen LogP contribution in [0, 0.1) is 11.6 Å². The predicted molar refractivity (Wildman–Crippen MR) is 69.9 cm³/mol. The zero-order valence-electron chi connectivity index (χ0n) is 9.77. The van der Waals surface area contributed by atoms with Crippen molar-refractivity contribution < 1.29 is 8.78 Å². The summed E-state index contributed by atoms with van der Waals surface area (Å²) in [5.41, 5.74) is 0.111. The average Bonchev–Trinajstić information content (AvgIpc) is 2.25. The third-order valence-electron chi connectivity index (χ3n) is 2.64. The van der Waals surface area contributed by atoms with Crippen molar-refractivity contribution in [3.63, 3.8) is 0 Å². The third kappa shape index (κ3) is 3.89. The molecule has 1 unspecified atom stereocenters. The quantitative estimate of drug-likeness (QED) is 0.609. The van der Waals surface area contributed by atoms with E-state index in [4.69, 9.17) is 0 Å². The van der Waals surface area contributed by atoms with Gasteiger partial charge < -0.3 is 5.32 Å². The predicted octanol–water partition coefficient (Wildman–Crippen LogP) is 4.34. The molecular weight excluding hydrogens is 288 g/mol. The summed E-state index contributed by atoms with van der Waals surface area (Å²) in [5, 5.41) is 2.95. The Morgan fingerprint density at radius 1 is 1.41 bits per heavy atom. The SMILES string of the molecule is C=CCCCC(NC)c1c(F)cc(Br)cc1F. The fourth-order valence-electron chi connectivity index (χ4n) is 1.79. The highest BCUT2D eigenvalue weighted by molar-refractivity contribution is 9.10. The number of benzene rings is 1. The Labute approximate surface area is 109 Å². The van der Waals surface area contributed by atoms with E-state index >= 15 is 0 Å². The van der Waals surface area contributed by atoms with Gasteiger partial charge in [0.1, 0.15) is 11.6 Å². The van der Waals surface area contributed by atoms with Gasteiger partial charge in [-0.25, -0.2) is 8.78 Å². The van der Waals surface area contributed by atoms with E-state index in [-0.39, 0.29) is 11.6 Å². The van der Waals surface area contributed by atoms with Crippen LogP contribution in [-0.4, -0.2) is 7.05 Å². The van der Waals surface area contributed by atoms with Crippen LogP contribution in [0.2, 0.25) is 0 Å². The first-order chi connectivity index (χ1) is 8.10. The van der Waals surface area contributed by atoms with Gasteiger partial charge in [-0.05, 0) is 38.4 Å². The molecule has 1 rings (SSSR count). The van der Waals surface area contributed by atoms with E-state index in [0.29, 0.717) is 10.9 Å². The van der Waals surface area contributed by atoms with Crippen molar-refractivity contribution in [3.05, 3.63) is 46.5 Å². The second kappa shape index (κ2) is 6.87. The maximum absolute atomic E-state index is 13.7. The molecule has 0 heterocycles. The molecule has 1 atom stereocenters. The number of hydrogen-bond acceptors (Lipinski definition) is 1. The summed E-state index contributed by atoms with van der Waals surface area (Å²) >= 11 is 3.07. The van der Waals surface area contributed by atoms with Gasteiger partial charge in [0.2, 0.25) is 0 Å². The second-order valence-electron chi connectivity index (χ2n) is 3.84. The third-order valence-corrected chi connectivity index (χ3v) is 3.10. The van der Waals surface area contributed by atoms with Gasteiger partial charge in [0.05, 0.1) is 0 Å². The van der Waals surface area contributed by atoms with E-state index in [0.717, 1.165) is 12.8 Å². The summed E-state index contributed by atoms with van der Waals surface area (Å²) < 4.78 is 27.9. The van der Waals surface area contributed by atoms with Crippen LogP contribution in [0.4, 0.5) is 8.78 Å². The molecule has 4 heteroatoms. The lowest BCUT2D eigenvalue weighted by molar-refractivity contribution is 0.462. The molecule has 0 aliphatic rings. The van der Waals surface area contributed by atoms with Crippen LogP contribution in [0.25, 0.3) is 0 Å². The molecule has 0 aromatic heterocycles. The standard InChI is InChI=1S/C13H16BrF2N/c1-3-4-5-6-12(17-2)13-10(15)7-9(14)8-11(13)16/h3,7-8,12,17H,1,4-6H2,2H3. The van der Waals surface area contributed by atoms with E-state index in [1.165, 1.54) is 12.1 Å². The molecular formula is C13H16BrF2N. The van der Waals surface area contributed by atoms with Gasteiger partial charge in [-0.1, -0.05) is 22.0 Å². The normalized spacial score (nSPS) is 12.5. The molecule has 17 heavy (non-hydrogen) atoms. The van der Waals surface area contributed by atoms with Gasteiger partial charge in [0.25, 0.3) is 0 Å². The Morgan fingerprint density at radius 3 is 2.47 bits per heavy atom. The lowest BCUT2D eigenvalue weighted by atomic mass is 10.00. The van der Waals surface area contributed by atoms with Crippen molar-refractivity contribution in [2.75, 3.05) is 7.05 Å². The molecule has 0 aliphatic heterocycles. The smallest absolute Gasteiger partial charge is 0.132 e. The number of unbranched alkanes of at least 4 members (excludes halogenated alkanes) is 1. The van der Waals surface area contributed by atoms with E-state index in [2.05, 4.69) is 27.8 Å². The van der Waals surface area contributed by atoms with Gasteiger partial charge in [-0.15, -0.1) is 6.58 Å². The van der Waals surface area contributed by atoms with E-state index < -0.39 is 11.6 Å². The first-order valence-electron chi connectivity index (χ1n) is 5.52. The molecule has 1 N–H and O–H groups in total. The number of allylic oxidation sites excluding steroid dienone is 1. The molecule has 1 aromatic carbocycles. The summed E-state index contributed by atoms with van der Waals surface area (Å²) in [4.78, 5) is 0. The highest BCUT2D eigenvalue weighted by atomic mass is 79.9. The van der Waals surface area contributed by atoms with Crippen molar-refractivity contribution in [1.82, 2.24) is 5.32 Å². The lowest BCUT2D eigenvalue weighted by Gasteiger charge is -2.18. The van der Waals surface area contributed by atoms with E-state index in [1.807, 2.05) is 0 Å². The highest BCUT2D eigenvalue weighted by Crippen LogP contribution is 2.27. The minimum absolute atomic E-state index is 0.111. The molecule has 0 bridgehead atoms. The van der Waals surface area contributed by atoms with Crippen molar-refractivity contribution in [1.29, 1.82) is 0 Å². The second-order valence-corrected chi connectivity index (χ2v) is 4.76. The molecule has 0 fully saturated rings. The summed E-state index contributed by atoms with van der Waals surface area (Å²) in [6.07, 6.45) is 4.18. The molecule has 0 saturated carbocycles. The Morgan fingerprint density at radius 2 is 2.00 bits per heavy atom. The Kier molecular flexibility index (Phi) is 5.78. The maximum atomic E-state index is 13.7. The monoisotopic (exact) mass is 303 g/mol. The summed E-state index contributed by atoms with van der Waals surface area (Å²) in [7, 11) is 1.71. The average molecular weight is 304 g/mol. The number of halogens is 3. The number of nitrogens with one attached hydrogen (secondary N) is 1. The molecule has 0 radical (unpaired) electrons. The Hall–Kier alpha value is -0.740. The Balaban J connectivity index is 2.91. The Bertz CT molecular complexity index is 370. The molecule has 1 nitrogen and oxygen atoms in total. The van der Waals surface area contributed by atoms with Crippen molar-refractivity contribution >= 4 is 15.9 Å². The minimum atomic E-state index is -0.519. The molecule has 0 amide bonds. The molecule has 0 spiro atoms.